The Kier molecular flexibility index (Phi) is 5.98. The fourth-order valence-corrected chi connectivity index (χ4v) is 4.25. The second-order valence-electron chi connectivity index (χ2n) is 5.67. The molecule has 2 saturated carbocycles. The van der Waals surface area contributed by atoms with E-state index in [1.54, 1.807) is 12.0 Å². The molecule has 2 fully saturated rings. The SMILES string of the molecule is CC(Cl)C1CCC(OSC2CCCCC2)CC1. The van der Waals surface area contributed by atoms with Crippen LogP contribution in [-0.2, 0) is 4.18 Å². The van der Waals surface area contributed by atoms with Crippen LogP contribution in [-0.4, -0.2) is 16.7 Å². The predicted octanol–water partition coefficient (Wildman–Crippen LogP) is 5.17. The van der Waals surface area contributed by atoms with Crippen LogP contribution in [0.1, 0.15) is 64.7 Å². The molecule has 2 aliphatic carbocycles. The molecule has 0 aromatic carbocycles. The highest BCUT2D eigenvalue weighted by atomic mass is 35.5. The van der Waals surface area contributed by atoms with Crippen LogP contribution in [0.25, 0.3) is 0 Å². The summed E-state index contributed by atoms with van der Waals surface area (Å²) in [6.07, 6.45) is 12.4. The first kappa shape index (κ1) is 14.0. The van der Waals surface area contributed by atoms with Gasteiger partial charge in [0.25, 0.3) is 0 Å². The van der Waals surface area contributed by atoms with Crippen LogP contribution in [0.15, 0.2) is 0 Å². The highest BCUT2D eigenvalue weighted by Gasteiger charge is 2.26. The van der Waals surface area contributed by atoms with Gasteiger partial charge in [-0.25, -0.2) is 0 Å². The molecule has 1 unspecified atom stereocenters. The lowest BCUT2D eigenvalue weighted by Crippen LogP contribution is -2.24. The molecule has 2 aliphatic rings. The van der Waals surface area contributed by atoms with E-state index in [0.717, 1.165) is 11.2 Å². The molecule has 0 aromatic rings. The molecule has 0 bridgehead atoms. The Morgan fingerprint density at radius 3 is 2.24 bits per heavy atom. The fourth-order valence-electron chi connectivity index (χ4n) is 2.96. The summed E-state index contributed by atoms with van der Waals surface area (Å²) in [7, 11) is 0. The van der Waals surface area contributed by atoms with E-state index >= 15 is 0 Å². The molecule has 0 heterocycles. The van der Waals surface area contributed by atoms with Gasteiger partial charge in [0.1, 0.15) is 0 Å². The Labute approximate surface area is 115 Å². The zero-order chi connectivity index (χ0) is 12.1. The number of hydrogen-bond donors (Lipinski definition) is 0. The number of hydrogen-bond acceptors (Lipinski definition) is 2. The number of halogens is 1. The smallest absolute Gasteiger partial charge is 0.0722 e. The van der Waals surface area contributed by atoms with Crippen LogP contribution < -0.4 is 0 Å². The van der Waals surface area contributed by atoms with Gasteiger partial charge in [-0.2, -0.15) is 0 Å². The lowest BCUT2D eigenvalue weighted by Gasteiger charge is -2.30. The quantitative estimate of drug-likeness (QED) is 0.517. The number of alkyl halides is 1. The first-order chi connectivity index (χ1) is 8.25. The minimum atomic E-state index is 0.335. The van der Waals surface area contributed by atoms with Gasteiger partial charge < -0.3 is 4.18 Å². The van der Waals surface area contributed by atoms with Crippen LogP contribution in [0.2, 0.25) is 0 Å². The van der Waals surface area contributed by atoms with E-state index in [0.29, 0.717) is 11.5 Å². The Hall–Kier alpha value is 0.600. The van der Waals surface area contributed by atoms with Gasteiger partial charge in [0.15, 0.2) is 0 Å². The van der Waals surface area contributed by atoms with E-state index in [4.69, 9.17) is 15.8 Å². The van der Waals surface area contributed by atoms with Crippen molar-refractivity contribution >= 4 is 23.6 Å². The van der Waals surface area contributed by atoms with Crippen molar-refractivity contribution in [1.82, 2.24) is 0 Å². The molecule has 17 heavy (non-hydrogen) atoms. The molecule has 0 radical (unpaired) electrons. The van der Waals surface area contributed by atoms with Gasteiger partial charge in [0.05, 0.1) is 6.10 Å². The first-order valence-corrected chi connectivity index (χ1v) is 8.46. The summed E-state index contributed by atoms with van der Waals surface area (Å²) in [6.45, 7) is 2.13. The topological polar surface area (TPSA) is 9.23 Å². The van der Waals surface area contributed by atoms with E-state index in [1.165, 1.54) is 57.8 Å². The van der Waals surface area contributed by atoms with Crippen LogP contribution in [0.5, 0.6) is 0 Å². The molecule has 0 aromatic heterocycles. The minimum absolute atomic E-state index is 0.335. The third kappa shape index (κ3) is 4.65. The third-order valence-corrected chi connectivity index (χ3v) is 5.73. The molecule has 100 valence electrons. The average molecular weight is 277 g/mol. The van der Waals surface area contributed by atoms with E-state index in [2.05, 4.69) is 6.92 Å². The second-order valence-corrected chi connectivity index (χ2v) is 7.41. The Bertz CT molecular complexity index is 208. The van der Waals surface area contributed by atoms with Crippen molar-refractivity contribution in [3.63, 3.8) is 0 Å². The monoisotopic (exact) mass is 276 g/mol. The van der Waals surface area contributed by atoms with Crippen molar-refractivity contribution in [2.45, 2.75) is 81.4 Å². The van der Waals surface area contributed by atoms with Gasteiger partial charge in [0, 0.05) is 10.6 Å². The third-order valence-electron chi connectivity index (χ3n) is 4.25. The molecule has 0 amide bonds. The zero-order valence-corrected chi connectivity index (χ0v) is 12.4. The molecule has 0 spiro atoms. The van der Waals surface area contributed by atoms with Crippen molar-refractivity contribution in [3.05, 3.63) is 0 Å². The standard InChI is InChI=1S/C14H25ClOS/c1-11(15)12-7-9-13(10-8-12)16-17-14-5-3-2-4-6-14/h11-14H,2-10H2,1H3. The van der Waals surface area contributed by atoms with Gasteiger partial charge >= 0.3 is 0 Å². The highest BCUT2D eigenvalue weighted by molar-refractivity contribution is 7.95. The largest absolute Gasteiger partial charge is 0.312 e. The molecule has 0 N–H and O–H groups in total. The van der Waals surface area contributed by atoms with Gasteiger partial charge in [-0.1, -0.05) is 19.3 Å². The van der Waals surface area contributed by atoms with Crippen LogP contribution in [0.3, 0.4) is 0 Å². The molecule has 1 nitrogen and oxygen atoms in total. The maximum absolute atomic E-state index is 6.16. The lowest BCUT2D eigenvalue weighted by molar-refractivity contribution is 0.153. The maximum Gasteiger partial charge on any atom is 0.0722 e. The fraction of sp³-hybridized carbons (Fsp3) is 1.00. The number of rotatable bonds is 4. The maximum atomic E-state index is 6.16. The summed E-state index contributed by atoms with van der Waals surface area (Å²) < 4.78 is 6.02. The van der Waals surface area contributed by atoms with Crippen molar-refractivity contribution in [2.24, 2.45) is 5.92 Å². The summed E-state index contributed by atoms with van der Waals surface area (Å²) in [5, 5.41) is 1.11. The molecular formula is C14H25ClOS. The lowest BCUT2D eigenvalue weighted by atomic mass is 9.86. The summed E-state index contributed by atoms with van der Waals surface area (Å²) in [4.78, 5) is 0. The van der Waals surface area contributed by atoms with E-state index in [-0.39, 0.29) is 0 Å². The Morgan fingerprint density at radius 2 is 1.65 bits per heavy atom. The molecule has 3 heteroatoms. The normalized spacial score (nSPS) is 33.5. The van der Waals surface area contributed by atoms with E-state index in [1.807, 2.05) is 0 Å². The van der Waals surface area contributed by atoms with Crippen molar-refractivity contribution < 1.29 is 4.18 Å². The Balaban J connectivity index is 1.61. The van der Waals surface area contributed by atoms with E-state index < -0.39 is 0 Å². The van der Waals surface area contributed by atoms with Crippen molar-refractivity contribution in [3.8, 4) is 0 Å². The summed E-state index contributed by atoms with van der Waals surface area (Å²) >= 11 is 7.94. The highest BCUT2D eigenvalue weighted by Crippen LogP contribution is 2.35. The first-order valence-electron chi connectivity index (χ1n) is 7.22. The van der Waals surface area contributed by atoms with Gasteiger partial charge in [-0.15, -0.1) is 11.6 Å². The zero-order valence-electron chi connectivity index (χ0n) is 10.9. The van der Waals surface area contributed by atoms with Gasteiger partial charge in [0.2, 0.25) is 0 Å². The van der Waals surface area contributed by atoms with Crippen LogP contribution in [0.4, 0.5) is 0 Å². The molecule has 0 aliphatic heterocycles. The predicted molar refractivity (Wildman–Crippen MR) is 76.6 cm³/mol. The van der Waals surface area contributed by atoms with Crippen LogP contribution in [0, 0.1) is 5.92 Å². The van der Waals surface area contributed by atoms with Crippen LogP contribution >= 0.6 is 23.6 Å². The van der Waals surface area contributed by atoms with E-state index in [9.17, 15) is 0 Å². The van der Waals surface area contributed by atoms with Crippen molar-refractivity contribution in [1.29, 1.82) is 0 Å². The molecule has 1 atom stereocenters. The van der Waals surface area contributed by atoms with Gasteiger partial charge in [-0.3, -0.25) is 0 Å². The molecular weight excluding hydrogens is 252 g/mol. The summed E-state index contributed by atoms with van der Waals surface area (Å²) in [5.74, 6) is 0.719. The van der Waals surface area contributed by atoms with Crippen molar-refractivity contribution in [2.75, 3.05) is 0 Å². The van der Waals surface area contributed by atoms with Gasteiger partial charge in [-0.05, 0) is 63.4 Å². The second kappa shape index (κ2) is 7.25. The summed E-state index contributed by atoms with van der Waals surface area (Å²) in [5.41, 5.74) is 0. The average Bonchev–Trinajstić information content (AvgIpc) is 2.38. The minimum Gasteiger partial charge on any atom is -0.312 e. The summed E-state index contributed by atoms with van der Waals surface area (Å²) in [6, 6.07) is 0. The molecule has 0 saturated heterocycles. The molecule has 2 rings (SSSR count). The Morgan fingerprint density at radius 1 is 1.00 bits per heavy atom.